The smallest absolute Gasteiger partial charge is 0.244 e. The number of carbonyl (C=O) groups excluding carboxylic acids is 2. The van der Waals surface area contributed by atoms with Gasteiger partial charge in [-0.3, -0.25) is 13.9 Å². The molecule has 0 aliphatic rings. The Balaban J connectivity index is 2.07. The maximum atomic E-state index is 14.1. The molecule has 3 rings (SSSR count). The normalized spacial score (nSPS) is 12.2. The van der Waals surface area contributed by atoms with Gasteiger partial charge in [0.05, 0.1) is 11.9 Å². The Morgan fingerprint density at radius 3 is 2.05 bits per heavy atom. The average molecular weight is 550 g/mol. The van der Waals surface area contributed by atoms with Gasteiger partial charge in [0.1, 0.15) is 12.6 Å². The van der Waals surface area contributed by atoms with Gasteiger partial charge in [-0.1, -0.05) is 72.3 Å². The minimum Gasteiger partial charge on any atom is -0.352 e. The lowest BCUT2D eigenvalue weighted by Crippen LogP contribution is -2.54. The van der Waals surface area contributed by atoms with Crippen molar-refractivity contribution >= 4 is 27.5 Å². The van der Waals surface area contributed by atoms with Crippen molar-refractivity contribution in [3.05, 3.63) is 101 Å². The van der Waals surface area contributed by atoms with Crippen LogP contribution in [0.3, 0.4) is 0 Å². The highest BCUT2D eigenvalue weighted by molar-refractivity contribution is 7.92. The van der Waals surface area contributed by atoms with E-state index in [2.05, 4.69) is 5.32 Å². The molecule has 7 nitrogen and oxygen atoms in total. The second-order valence-corrected chi connectivity index (χ2v) is 12.3. The third kappa shape index (κ3) is 8.42. The summed E-state index contributed by atoms with van der Waals surface area (Å²) in [6, 6.07) is 21.8. The number of hydrogen-bond acceptors (Lipinski definition) is 4. The molecular weight excluding hydrogens is 510 g/mol. The molecule has 0 aliphatic carbocycles. The third-order valence-electron chi connectivity index (χ3n) is 6.49. The number of sulfonamides is 1. The van der Waals surface area contributed by atoms with Crippen LogP contribution in [0.15, 0.2) is 72.8 Å². The largest absolute Gasteiger partial charge is 0.352 e. The minimum atomic E-state index is -3.80. The number of rotatable bonds is 11. The number of benzene rings is 3. The van der Waals surface area contributed by atoms with Gasteiger partial charge in [0.2, 0.25) is 21.8 Å². The van der Waals surface area contributed by atoms with Crippen LogP contribution in [-0.4, -0.2) is 50.0 Å². The minimum absolute atomic E-state index is 0.130. The molecule has 0 aliphatic heterocycles. The van der Waals surface area contributed by atoms with Crippen molar-refractivity contribution in [2.45, 2.75) is 59.7 Å². The SMILES string of the molecule is Cc1ccc(CN(C(=O)CN(c2cc(C)ccc2C)S(C)(=O)=O)[C@@H](Cc2ccccc2)C(=O)NC(C)C)cc1. The molecule has 0 saturated heterocycles. The van der Waals surface area contributed by atoms with E-state index >= 15 is 0 Å². The van der Waals surface area contributed by atoms with Gasteiger partial charge in [0.25, 0.3) is 0 Å². The van der Waals surface area contributed by atoms with E-state index in [1.54, 1.807) is 6.07 Å². The van der Waals surface area contributed by atoms with Crippen molar-refractivity contribution in [1.82, 2.24) is 10.2 Å². The van der Waals surface area contributed by atoms with Crippen LogP contribution in [-0.2, 0) is 32.6 Å². The first kappa shape index (κ1) is 29.9. The molecule has 3 aromatic carbocycles. The maximum absolute atomic E-state index is 14.1. The molecule has 0 radical (unpaired) electrons. The van der Waals surface area contributed by atoms with Crippen LogP contribution in [0, 0.1) is 20.8 Å². The molecule has 0 heterocycles. The van der Waals surface area contributed by atoms with Crippen LogP contribution in [0.25, 0.3) is 0 Å². The van der Waals surface area contributed by atoms with Gasteiger partial charge in [-0.25, -0.2) is 8.42 Å². The maximum Gasteiger partial charge on any atom is 0.244 e. The Morgan fingerprint density at radius 2 is 1.46 bits per heavy atom. The molecule has 0 aromatic heterocycles. The molecule has 1 atom stereocenters. The first-order chi connectivity index (χ1) is 18.3. The van der Waals surface area contributed by atoms with Crippen LogP contribution in [0.4, 0.5) is 5.69 Å². The molecule has 0 saturated carbocycles. The standard InChI is InChI=1S/C31H39N3O4S/c1-22(2)32-31(36)29(19-26-10-8-7-9-11-26)33(20-27-16-13-23(3)14-17-27)30(35)21-34(39(6,37)38)28-18-24(4)12-15-25(28)5/h7-18,22,29H,19-21H2,1-6H3,(H,32,36)/t29-/m0/s1. The Morgan fingerprint density at radius 1 is 0.846 bits per heavy atom. The summed E-state index contributed by atoms with van der Waals surface area (Å²) in [4.78, 5) is 29.2. The zero-order valence-electron chi connectivity index (χ0n) is 23.6. The number of aryl methyl sites for hydroxylation is 3. The summed E-state index contributed by atoms with van der Waals surface area (Å²) in [6.45, 7) is 9.15. The van der Waals surface area contributed by atoms with E-state index < -0.39 is 28.5 Å². The molecule has 2 amide bonds. The van der Waals surface area contributed by atoms with Gasteiger partial charge in [0.15, 0.2) is 0 Å². The summed E-state index contributed by atoms with van der Waals surface area (Å²) in [5.74, 6) is -0.742. The fourth-order valence-corrected chi connectivity index (χ4v) is 5.31. The molecule has 0 fully saturated rings. The van der Waals surface area contributed by atoms with Gasteiger partial charge in [-0.15, -0.1) is 0 Å². The molecule has 0 unspecified atom stereocenters. The highest BCUT2D eigenvalue weighted by atomic mass is 32.2. The van der Waals surface area contributed by atoms with E-state index in [1.807, 2.05) is 101 Å². The quantitative estimate of drug-likeness (QED) is 0.380. The predicted molar refractivity (Wildman–Crippen MR) is 157 cm³/mol. The van der Waals surface area contributed by atoms with Crippen molar-refractivity contribution < 1.29 is 18.0 Å². The Hall–Kier alpha value is -3.65. The molecule has 1 N–H and O–H groups in total. The highest BCUT2D eigenvalue weighted by Gasteiger charge is 2.33. The fraction of sp³-hybridized carbons (Fsp3) is 0.355. The zero-order chi connectivity index (χ0) is 28.7. The number of carbonyl (C=O) groups is 2. The van der Waals surface area contributed by atoms with Crippen molar-refractivity contribution in [2.75, 3.05) is 17.1 Å². The zero-order valence-corrected chi connectivity index (χ0v) is 24.5. The van der Waals surface area contributed by atoms with E-state index in [0.717, 1.165) is 38.4 Å². The summed E-state index contributed by atoms with van der Waals surface area (Å²) >= 11 is 0. The predicted octanol–water partition coefficient (Wildman–Crippen LogP) is 4.54. The molecule has 3 aromatic rings. The van der Waals surface area contributed by atoms with Gasteiger partial charge >= 0.3 is 0 Å². The van der Waals surface area contributed by atoms with E-state index in [-0.39, 0.29) is 18.5 Å². The monoisotopic (exact) mass is 549 g/mol. The number of hydrogen-bond donors (Lipinski definition) is 1. The van der Waals surface area contributed by atoms with Crippen LogP contribution in [0.1, 0.15) is 41.7 Å². The number of amides is 2. The lowest BCUT2D eigenvalue weighted by Gasteiger charge is -2.34. The molecule has 208 valence electrons. The van der Waals surface area contributed by atoms with Gasteiger partial charge in [0, 0.05) is 19.0 Å². The van der Waals surface area contributed by atoms with Gasteiger partial charge in [-0.05, 0) is 62.9 Å². The van der Waals surface area contributed by atoms with E-state index in [1.165, 1.54) is 4.90 Å². The third-order valence-corrected chi connectivity index (χ3v) is 7.61. The molecular formula is C31H39N3O4S. The number of nitrogens with one attached hydrogen (secondary N) is 1. The Labute approximate surface area is 232 Å². The molecule has 0 bridgehead atoms. The Kier molecular flexibility index (Phi) is 9.92. The van der Waals surface area contributed by atoms with Crippen molar-refractivity contribution in [1.29, 1.82) is 0 Å². The van der Waals surface area contributed by atoms with E-state index in [0.29, 0.717) is 12.1 Å². The van der Waals surface area contributed by atoms with Gasteiger partial charge < -0.3 is 10.2 Å². The van der Waals surface area contributed by atoms with Crippen LogP contribution >= 0.6 is 0 Å². The fourth-order valence-electron chi connectivity index (χ4n) is 4.41. The van der Waals surface area contributed by atoms with Crippen molar-refractivity contribution in [2.24, 2.45) is 0 Å². The summed E-state index contributed by atoms with van der Waals surface area (Å²) in [5.41, 5.74) is 4.90. The van der Waals surface area contributed by atoms with Gasteiger partial charge in [-0.2, -0.15) is 0 Å². The van der Waals surface area contributed by atoms with Crippen LogP contribution in [0.5, 0.6) is 0 Å². The first-order valence-electron chi connectivity index (χ1n) is 13.1. The highest BCUT2D eigenvalue weighted by Crippen LogP contribution is 2.25. The number of anilines is 1. The molecule has 0 spiro atoms. The lowest BCUT2D eigenvalue weighted by molar-refractivity contribution is -0.140. The van der Waals surface area contributed by atoms with Crippen molar-refractivity contribution in [3.63, 3.8) is 0 Å². The lowest BCUT2D eigenvalue weighted by atomic mass is 10.0. The summed E-state index contributed by atoms with van der Waals surface area (Å²) in [7, 11) is -3.80. The van der Waals surface area contributed by atoms with E-state index in [4.69, 9.17) is 0 Å². The summed E-state index contributed by atoms with van der Waals surface area (Å²) in [6.07, 6.45) is 1.39. The van der Waals surface area contributed by atoms with Crippen LogP contribution in [0.2, 0.25) is 0 Å². The number of nitrogens with zero attached hydrogens (tertiary/aromatic N) is 2. The molecule has 8 heteroatoms. The second-order valence-electron chi connectivity index (χ2n) is 10.4. The summed E-state index contributed by atoms with van der Waals surface area (Å²) in [5, 5.41) is 2.96. The molecule has 39 heavy (non-hydrogen) atoms. The van der Waals surface area contributed by atoms with Crippen LogP contribution < -0.4 is 9.62 Å². The Bertz CT molecular complexity index is 1390. The first-order valence-corrected chi connectivity index (χ1v) is 14.9. The van der Waals surface area contributed by atoms with E-state index in [9.17, 15) is 18.0 Å². The summed E-state index contributed by atoms with van der Waals surface area (Å²) < 4.78 is 27.1. The topological polar surface area (TPSA) is 86.8 Å². The average Bonchev–Trinajstić information content (AvgIpc) is 2.86. The second kappa shape index (κ2) is 12.9. The van der Waals surface area contributed by atoms with Crippen molar-refractivity contribution in [3.8, 4) is 0 Å².